The van der Waals surface area contributed by atoms with E-state index in [1.165, 1.54) is 0 Å². The third kappa shape index (κ3) is 4.90. The average Bonchev–Trinajstić information content (AvgIpc) is 3.00. The number of sulfonamides is 1. The number of amides is 1. The molecule has 0 atom stereocenters. The van der Waals surface area contributed by atoms with Crippen LogP contribution in [0, 0.1) is 6.92 Å². The van der Waals surface area contributed by atoms with Crippen molar-refractivity contribution >= 4 is 26.8 Å². The summed E-state index contributed by atoms with van der Waals surface area (Å²) in [5.74, 6) is 0.896. The second kappa shape index (κ2) is 8.18. The van der Waals surface area contributed by atoms with Gasteiger partial charge in [0.15, 0.2) is 0 Å². The molecule has 154 valence electrons. The van der Waals surface area contributed by atoms with Crippen molar-refractivity contribution < 1.29 is 17.9 Å². The lowest BCUT2D eigenvalue weighted by atomic mass is 10.1. The van der Waals surface area contributed by atoms with Gasteiger partial charge in [-0.05, 0) is 25.1 Å². The Morgan fingerprint density at radius 2 is 2.07 bits per heavy atom. The number of aromatic nitrogens is 3. The highest BCUT2D eigenvalue weighted by atomic mass is 32.2. The largest absolute Gasteiger partial charge is 0.497 e. The van der Waals surface area contributed by atoms with Gasteiger partial charge in [0.1, 0.15) is 11.6 Å². The quantitative estimate of drug-likeness (QED) is 0.595. The Hall–Kier alpha value is -2.98. The maximum absolute atomic E-state index is 12.0. The Morgan fingerprint density at radius 1 is 1.31 bits per heavy atom. The van der Waals surface area contributed by atoms with Gasteiger partial charge in [-0.1, -0.05) is 0 Å². The maximum Gasteiger partial charge on any atom is 0.235 e. The van der Waals surface area contributed by atoms with Crippen LogP contribution in [0.15, 0.2) is 30.6 Å². The number of carbonyl (C=O) groups is 1. The Bertz CT molecular complexity index is 1170. The SMILES string of the molecule is COc1ccc2c(c1)c(-c1nc(C)ncc1CNC(=O)CNS(C)(=O)=O)cn2C. The number of methoxy groups -OCH3 is 1. The maximum atomic E-state index is 12.0. The second-order valence-corrected chi connectivity index (χ2v) is 8.53. The molecule has 0 saturated carbocycles. The number of nitrogens with zero attached hydrogens (tertiary/aromatic N) is 3. The van der Waals surface area contributed by atoms with E-state index in [1.807, 2.05) is 36.0 Å². The fourth-order valence-electron chi connectivity index (χ4n) is 3.00. The summed E-state index contributed by atoms with van der Waals surface area (Å²) in [5, 5.41) is 3.67. The zero-order chi connectivity index (χ0) is 21.2. The number of ether oxygens (including phenoxy) is 1. The number of hydrogen-bond acceptors (Lipinski definition) is 6. The van der Waals surface area contributed by atoms with Crippen molar-refractivity contribution in [2.24, 2.45) is 7.05 Å². The van der Waals surface area contributed by atoms with Crippen LogP contribution >= 0.6 is 0 Å². The lowest BCUT2D eigenvalue weighted by Gasteiger charge is -2.10. The van der Waals surface area contributed by atoms with Gasteiger partial charge in [0.25, 0.3) is 0 Å². The summed E-state index contributed by atoms with van der Waals surface area (Å²) in [6.45, 7) is 1.64. The zero-order valence-electron chi connectivity index (χ0n) is 16.7. The van der Waals surface area contributed by atoms with Crippen LogP contribution in [-0.4, -0.2) is 48.8 Å². The minimum Gasteiger partial charge on any atom is -0.497 e. The minimum atomic E-state index is -3.44. The van der Waals surface area contributed by atoms with Gasteiger partial charge in [0.05, 0.1) is 25.6 Å². The monoisotopic (exact) mass is 417 g/mol. The van der Waals surface area contributed by atoms with E-state index in [0.717, 1.165) is 34.0 Å². The highest BCUT2D eigenvalue weighted by Gasteiger charge is 2.16. The van der Waals surface area contributed by atoms with Crippen LogP contribution in [0.2, 0.25) is 0 Å². The van der Waals surface area contributed by atoms with Crippen LogP contribution in [0.5, 0.6) is 5.75 Å². The van der Waals surface area contributed by atoms with Gasteiger partial charge in [-0.25, -0.2) is 23.1 Å². The summed E-state index contributed by atoms with van der Waals surface area (Å²) in [6.07, 6.45) is 4.64. The summed E-state index contributed by atoms with van der Waals surface area (Å²) in [7, 11) is 0.127. The molecule has 10 heteroatoms. The van der Waals surface area contributed by atoms with Gasteiger partial charge in [0.2, 0.25) is 15.9 Å². The first kappa shape index (κ1) is 20.7. The molecule has 1 amide bonds. The molecule has 29 heavy (non-hydrogen) atoms. The number of carbonyl (C=O) groups excluding carboxylic acids is 1. The first-order valence-electron chi connectivity index (χ1n) is 8.85. The van der Waals surface area contributed by atoms with E-state index in [1.54, 1.807) is 20.2 Å². The molecule has 0 fully saturated rings. The molecule has 2 heterocycles. The van der Waals surface area contributed by atoms with Gasteiger partial charge < -0.3 is 14.6 Å². The van der Waals surface area contributed by atoms with Crippen LogP contribution in [0.4, 0.5) is 0 Å². The zero-order valence-corrected chi connectivity index (χ0v) is 17.5. The molecule has 0 spiro atoms. The number of hydrogen-bond donors (Lipinski definition) is 2. The standard InChI is InChI=1S/C19H23N5O4S/c1-12-20-8-13(9-21-18(25)10-22-29(4,26)27)19(23-12)16-11-24(2)17-6-5-14(28-3)7-15(16)17/h5-8,11,22H,9-10H2,1-4H3,(H,21,25). The summed E-state index contributed by atoms with van der Waals surface area (Å²) in [5.41, 5.74) is 3.33. The van der Waals surface area contributed by atoms with Crippen LogP contribution in [0.1, 0.15) is 11.4 Å². The Kier molecular flexibility index (Phi) is 5.85. The third-order valence-corrected chi connectivity index (χ3v) is 5.08. The number of benzene rings is 1. The molecule has 2 N–H and O–H groups in total. The third-order valence-electron chi connectivity index (χ3n) is 4.41. The lowest BCUT2D eigenvalue weighted by Crippen LogP contribution is -2.36. The van der Waals surface area contributed by atoms with Crippen molar-refractivity contribution in [3.05, 3.63) is 42.0 Å². The van der Waals surface area contributed by atoms with Crippen molar-refractivity contribution in [1.82, 2.24) is 24.6 Å². The first-order chi connectivity index (χ1) is 13.7. The van der Waals surface area contributed by atoms with Crippen molar-refractivity contribution in [2.45, 2.75) is 13.5 Å². The van der Waals surface area contributed by atoms with Crippen LogP contribution in [-0.2, 0) is 28.4 Å². The molecule has 3 rings (SSSR count). The molecule has 0 unspecified atom stereocenters. The molecule has 0 bridgehead atoms. The highest BCUT2D eigenvalue weighted by Crippen LogP contribution is 2.33. The van der Waals surface area contributed by atoms with E-state index in [0.29, 0.717) is 11.5 Å². The first-order valence-corrected chi connectivity index (χ1v) is 10.7. The molecular formula is C19H23N5O4S. The van der Waals surface area contributed by atoms with E-state index in [9.17, 15) is 13.2 Å². The van der Waals surface area contributed by atoms with Gasteiger partial charge in [-0.2, -0.15) is 0 Å². The van der Waals surface area contributed by atoms with Crippen molar-refractivity contribution in [3.63, 3.8) is 0 Å². The summed E-state index contributed by atoms with van der Waals surface area (Å²) in [4.78, 5) is 20.8. The van der Waals surface area contributed by atoms with Crippen molar-refractivity contribution in [2.75, 3.05) is 19.9 Å². The number of nitrogens with one attached hydrogen (secondary N) is 2. The van der Waals surface area contributed by atoms with Crippen molar-refractivity contribution in [3.8, 4) is 17.0 Å². The molecule has 1 aromatic carbocycles. The van der Waals surface area contributed by atoms with Crippen LogP contribution in [0.25, 0.3) is 22.2 Å². The van der Waals surface area contributed by atoms with E-state index >= 15 is 0 Å². The summed E-state index contributed by atoms with van der Waals surface area (Å²) in [6, 6.07) is 5.82. The topological polar surface area (TPSA) is 115 Å². The molecule has 3 aromatic rings. The van der Waals surface area contributed by atoms with Crippen LogP contribution in [0.3, 0.4) is 0 Å². The molecule has 2 aromatic heterocycles. The minimum absolute atomic E-state index is 0.167. The molecular weight excluding hydrogens is 394 g/mol. The molecule has 9 nitrogen and oxygen atoms in total. The normalized spacial score (nSPS) is 11.6. The van der Waals surface area contributed by atoms with Gasteiger partial charge in [0, 0.05) is 48.0 Å². The van der Waals surface area contributed by atoms with Gasteiger partial charge in [-0.3, -0.25) is 4.79 Å². The fraction of sp³-hybridized carbons (Fsp3) is 0.316. The Labute approximate surface area is 169 Å². The van der Waals surface area contributed by atoms with E-state index in [4.69, 9.17) is 4.74 Å². The molecule has 0 aliphatic carbocycles. The highest BCUT2D eigenvalue weighted by molar-refractivity contribution is 7.88. The van der Waals surface area contributed by atoms with E-state index < -0.39 is 15.9 Å². The number of aryl methyl sites for hydroxylation is 2. The summed E-state index contributed by atoms with van der Waals surface area (Å²) < 4.78 is 31.8. The fourth-order valence-corrected chi connectivity index (χ4v) is 3.39. The van der Waals surface area contributed by atoms with Gasteiger partial charge in [-0.15, -0.1) is 0 Å². The average molecular weight is 417 g/mol. The smallest absolute Gasteiger partial charge is 0.235 e. The number of rotatable bonds is 7. The van der Waals surface area contributed by atoms with Crippen molar-refractivity contribution in [1.29, 1.82) is 0 Å². The predicted octanol–water partition coefficient (Wildman–Crippen LogP) is 1.12. The van der Waals surface area contributed by atoms with Gasteiger partial charge >= 0.3 is 0 Å². The molecule has 0 aliphatic rings. The number of fused-ring (bicyclic) bond motifs is 1. The van der Waals surface area contributed by atoms with E-state index in [-0.39, 0.29) is 13.1 Å². The van der Waals surface area contributed by atoms with Crippen LogP contribution < -0.4 is 14.8 Å². The summed E-state index contributed by atoms with van der Waals surface area (Å²) >= 11 is 0. The predicted molar refractivity (Wildman–Crippen MR) is 110 cm³/mol. The Morgan fingerprint density at radius 3 is 2.76 bits per heavy atom. The second-order valence-electron chi connectivity index (χ2n) is 6.70. The molecule has 0 radical (unpaired) electrons. The molecule has 0 saturated heterocycles. The molecule has 0 aliphatic heterocycles. The Balaban J connectivity index is 1.94. The van der Waals surface area contributed by atoms with E-state index in [2.05, 4.69) is 20.0 Å². The lowest BCUT2D eigenvalue weighted by molar-refractivity contribution is -0.120.